The molecule has 0 unspecified atom stereocenters. The van der Waals surface area contributed by atoms with E-state index in [0.717, 1.165) is 18.8 Å². The molecule has 172 valence electrons. The summed E-state index contributed by atoms with van der Waals surface area (Å²) in [5.41, 5.74) is -0.729. The first-order chi connectivity index (χ1) is 13.1. The molecule has 1 N–H and O–H groups in total. The van der Waals surface area contributed by atoms with Gasteiger partial charge in [0, 0.05) is 42.3 Å². The van der Waals surface area contributed by atoms with Crippen LogP contribution in [0.5, 0.6) is 0 Å². The number of β-amino-alcohol motifs (C(OH)–C–C–N with tert-alkyl or cyclic N) is 1. The van der Waals surface area contributed by atoms with E-state index in [2.05, 4.69) is 53.4 Å². The quantitative estimate of drug-likeness (QED) is 0.596. The molecule has 5 heteroatoms. The van der Waals surface area contributed by atoms with E-state index in [1.807, 2.05) is 20.8 Å². The first-order valence-electron chi connectivity index (χ1n) is 11.2. The van der Waals surface area contributed by atoms with Crippen LogP contribution in [0, 0.1) is 11.3 Å². The molecule has 0 saturated carbocycles. The molecule has 5 nitrogen and oxygen atoms in total. The molecule has 0 aromatic heterocycles. The van der Waals surface area contributed by atoms with Gasteiger partial charge in [-0.25, -0.2) is 0 Å². The lowest BCUT2D eigenvalue weighted by molar-refractivity contribution is -0.161. The number of piperidine rings is 1. The lowest BCUT2D eigenvalue weighted by Crippen LogP contribution is -2.62. The van der Waals surface area contributed by atoms with Crippen LogP contribution >= 0.6 is 0 Å². The van der Waals surface area contributed by atoms with Gasteiger partial charge in [0.1, 0.15) is 11.9 Å². The maximum absolute atomic E-state index is 12.1. The number of ketones is 1. The monoisotopic (exact) mass is 413 g/mol. The minimum Gasteiger partial charge on any atom is -0.462 e. The summed E-state index contributed by atoms with van der Waals surface area (Å²) in [5.74, 6) is 0.674. The van der Waals surface area contributed by atoms with Crippen molar-refractivity contribution in [3.05, 3.63) is 0 Å². The lowest BCUT2D eigenvalue weighted by atomic mass is 9.78. The first kappa shape index (κ1) is 28.1. The van der Waals surface area contributed by atoms with Crippen molar-refractivity contribution in [1.82, 2.24) is 4.90 Å². The Morgan fingerprint density at radius 1 is 1.07 bits per heavy atom. The van der Waals surface area contributed by atoms with Crippen molar-refractivity contribution in [2.45, 2.75) is 119 Å². The van der Waals surface area contributed by atoms with E-state index in [4.69, 9.17) is 4.74 Å². The summed E-state index contributed by atoms with van der Waals surface area (Å²) < 4.78 is 5.67. The highest BCUT2D eigenvalue weighted by molar-refractivity contribution is 5.86. The largest absolute Gasteiger partial charge is 0.462 e. The smallest absolute Gasteiger partial charge is 0.306 e. The van der Waals surface area contributed by atoms with Gasteiger partial charge in [-0.1, -0.05) is 48.0 Å². The van der Waals surface area contributed by atoms with E-state index in [1.54, 1.807) is 0 Å². The Balaban J connectivity index is 0.00000139. The zero-order valence-electron chi connectivity index (χ0n) is 20.7. The summed E-state index contributed by atoms with van der Waals surface area (Å²) in [7, 11) is 0. The van der Waals surface area contributed by atoms with E-state index >= 15 is 0 Å². The molecule has 0 atom stereocenters. The molecule has 1 fully saturated rings. The van der Waals surface area contributed by atoms with Gasteiger partial charge in [0.2, 0.25) is 0 Å². The molecular formula is C24H47NO4. The van der Waals surface area contributed by atoms with Gasteiger partial charge < -0.3 is 9.84 Å². The van der Waals surface area contributed by atoms with Crippen LogP contribution in [-0.4, -0.2) is 52.1 Å². The number of esters is 1. The molecule has 0 amide bonds. The van der Waals surface area contributed by atoms with Crippen LogP contribution in [0.3, 0.4) is 0 Å². The number of ether oxygens (including phenoxy) is 1. The average molecular weight is 414 g/mol. The molecule has 1 aliphatic rings. The van der Waals surface area contributed by atoms with Crippen molar-refractivity contribution in [2.75, 3.05) is 13.2 Å². The second-order valence-corrected chi connectivity index (χ2v) is 11.0. The van der Waals surface area contributed by atoms with Crippen LogP contribution in [0.1, 0.15) is 101 Å². The van der Waals surface area contributed by atoms with E-state index in [0.29, 0.717) is 6.54 Å². The number of nitrogens with zero attached hydrogens (tertiary/aromatic N) is 1. The maximum atomic E-state index is 12.1. The number of likely N-dealkylation sites (tertiary alicyclic amines) is 1. The fourth-order valence-corrected chi connectivity index (χ4v) is 3.85. The van der Waals surface area contributed by atoms with Crippen molar-refractivity contribution in [3.8, 4) is 0 Å². The second kappa shape index (κ2) is 11.5. The second-order valence-electron chi connectivity index (χ2n) is 11.0. The van der Waals surface area contributed by atoms with Gasteiger partial charge in [0.15, 0.2) is 0 Å². The molecule has 1 aliphatic heterocycles. The molecule has 0 bridgehead atoms. The Morgan fingerprint density at radius 2 is 1.52 bits per heavy atom. The van der Waals surface area contributed by atoms with Crippen LogP contribution < -0.4 is 0 Å². The number of rotatable bonds is 7. The Kier molecular flexibility index (Phi) is 11.1. The summed E-state index contributed by atoms with van der Waals surface area (Å²) in [4.78, 5) is 26.4. The number of carbonyl (C=O) groups excluding carboxylic acids is 2. The zero-order valence-corrected chi connectivity index (χ0v) is 20.7. The summed E-state index contributed by atoms with van der Waals surface area (Å²) in [6, 6.07) is 0. The molecule has 0 radical (unpaired) electrons. The Morgan fingerprint density at radius 3 is 1.86 bits per heavy atom. The summed E-state index contributed by atoms with van der Waals surface area (Å²) >= 11 is 0. The predicted octanol–water partition coefficient (Wildman–Crippen LogP) is 4.99. The Hall–Kier alpha value is -0.940. The molecular weight excluding hydrogens is 366 g/mol. The van der Waals surface area contributed by atoms with Crippen LogP contribution in [0.15, 0.2) is 0 Å². The normalized spacial score (nSPS) is 19.4. The number of hydrogen-bond acceptors (Lipinski definition) is 5. The lowest BCUT2D eigenvalue weighted by Gasteiger charge is -2.54. The zero-order chi connectivity index (χ0) is 23.0. The Bertz CT molecular complexity index is 499. The van der Waals surface area contributed by atoms with Gasteiger partial charge >= 0.3 is 5.97 Å². The fourth-order valence-electron chi connectivity index (χ4n) is 3.85. The van der Waals surface area contributed by atoms with Crippen LogP contribution in [-0.2, 0) is 14.3 Å². The summed E-state index contributed by atoms with van der Waals surface area (Å²) in [6.45, 7) is 21.4. The molecule has 0 aliphatic carbocycles. The third-order valence-electron chi connectivity index (χ3n) is 5.75. The van der Waals surface area contributed by atoms with Crippen molar-refractivity contribution < 1.29 is 19.4 Å². The molecule has 0 spiro atoms. The van der Waals surface area contributed by atoms with Gasteiger partial charge in [0.05, 0.1) is 13.0 Å². The van der Waals surface area contributed by atoms with Crippen LogP contribution in [0.25, 0.3) is 0 Å². The van der Waals surface area contributed by atoms with Crippen molar-refractivity contribution in [3.63, 3.8) is 0 Å². The predicted molar refractivity (Wildman–Crippen MR) is 120 cm³/mol. The minimum absolute atomic E-state index is 0.0814. The molecule has 0 aromatic carbocycles. The van der Waals surface area contributed by atoms with Gasteiger partial charge in [-0.3, -0.25) is 14.5 Å². The average Bonchev–Trinajstić information content (AvgIpc) is 2.54. The molecule has 1 rings (SSSR count). The molecule has 1 heterocycles. The summed E-state index contributed by atoms with van der Waals surface area (Å²) in [5, 5.41) is 9.32. The van der Waals surface area contributed by atoms with Crippen LogP contribution in [0.4, 0.5) is 0 Å². The third-order valence-corrected chi connectivity index (χ3v) is 5.75. The van der Waals surface area contributed by atoms with Crippen LogP contribution in [0.2, 0.25) is 0 Å². The van der Waals surface area contributed by atoms with Gasteiger partial charge in [-0.15, -0.1) is 0 Å². The Labute approximate surface area is 179 Å². The van der Waals surface area contributed by atoms with Crippen molar-refractivity contribution in [2.24, 2.45) is 11.3 Å². The summed E-state index contributed by atoms with van der Waals surface area (Å²) in [6.07, 6.45) is 3.00. The van der Waals surface area contributed by atoms with E-state index in [1.165, 1.54) is 6.42 Å². The SMILES string of the molecule is CC(C)(C)C(=O)CCC(=O)OC1CC(C)(C)N(CCO)C(C)(C)C1.CCC(C)C. The third kappa shape index (κ3) is 10.1. The standard InChI is InChI=1S/C19H35NO4.C5H12/c1-17(2,3)15(22)8-9-16(23)24-14-12-18(4,5)20(10-11-21)19(6,7)13-14;1-4-5(2)3/h14,21H,8-13H2,1-7H3;5H,4H2,1-3H3. The van der Waals surface area contributed by atoms with E-state index in [9.17, 15) is 14.7 Å². The number of aliphatic hydroxyl groups is 1. The molecule has 0 aromatic rings. The van der Waals surface area contributed by atoms with E-state index in [-0.39, 0.29) is 48.4 Å². The number of Topliss-reactive ketones (excluding diaryl/α,β-unsaturated/α-hetero) is 1. The maximum Gasteiger partial charge on any atom is 0.306 e. The highest BCUT2D eigenvalue weighted by atomic mass is 16.5. The van der Waals surface area contributed by atoms with Gasteiger partial charge in [-0.05, 0) is 33.6 Å². The fraction of sp³-hybridized carbons (Fsp3) is 0.917. The van der Waals surface area contributed by atoms with Gasteiger partial charge in [-0.2, -0.15) is 0 Å². The first-order valence-corrected chi connectivity index (χ1v) is 11.2. The van der Waals surface area contributed by atoms with Crippen molar-refractivity contribution >= 4 is 11.8 Å². The van der Waals surface area contributed by atoms with Crippen molar-refractivity contribution in [1.29, 1.82) is 0 Å². The highest BCUT2D eigenvalue weighted by Gasteiger charge is 2.46. The number of hydrogen-bond donors (Lipinski definition) is 1. The molecule has 1 saturated heterocycles. The highest BCUT2D eigenvalue weighted by Crippen LogP contribution is 2.39. The van der Waals surface area contributed by atoms with Gasteiger partial charge in [0.25, 0.3) is 0 Å². The molecule has 29 heavy (non-hydrogen) atoms. The topological polar surface area (TPSA) is 66.8 Å². The minimum atomic E-state index is -0.417. The number of aliphatic hydroxyl groups excluding tert-OH is 1. The number of carbonyl (C=O) groups is 2. The van der Waals surface area contributed by atoms with E-state index < -0.39 is 5.41 Å².